The molecule has 154 valence electrons. The summed E-state index contributed by atoms with van der Waals surface area (Å²) in [4.78, 5) is 20.2. The maximum Gasteiger partial charge on any atom is 0.422 e. The lowest BCUT2D eigenvalue weighted by Gasteiger charge is -2.12. The van der Waals surface area contributed by atoms with Crippen molar-refractivity contribution in [3.8, 4) is 11.6 Å². The van der Waals surface area contributed by atoms with Crippen LogP contribution in [0.2, 0.25) is 0 Å². The van der Waals surface area contributed by atoms with Gasteiger partial charge in [-0.1, -0.05) is 0 Å². The summed E-state index contributed by atoms with van der Waals surface area (Å²) in [5.74, 6) is -0.470. The molecule has 3 aromatic heterocycles. The van der Waals surface area contributed by atoms with Crippen LogP contribution in [0.15, 0.2) is 30.7 Å². The number of alkyl halides is 3. The standard InChI is InChI=1S/C18H18F3N5O3/c1-3-22-16(27)15-12-9-26(25-13(12)4-5-23-15)8-11-6-14(28-2)17(24-7-11)29-10-18(19,20)21/h4-7,9H,3,8,10H2,1-2H3,(H,22,27). The van der Waals surface area contributed by atoms with Crippen molar-refractivity contribution in [2.75, 3.05) is 20.3 Å². The topological polar surface area (TPSA) is 91.2 Å². The van der Waals surface area contributed by atoms with E-state index in [0.29, 0.717) is 23.0 Å². The molecule has 0 aliphatic heterocycles. The predicted molar refractivity (Wildman–Crippen MR) is 97.0 cm³/mol. The van der Waals surface area contributed by atoms with E-state index in [9.17, 15) is 18.0 Å². The summed E-state index contributed by atoms with van der Waals surface area (Å²) in [5, 5.41) is 7.69. The molecular formula is C18H18F3N5O3. The summed E-state index contributed by atoms with van der Waals surface area (Å²) < 4.78 is 48.4. The SMILES string of the molecule is CCNC(=O)c1nccc2nn(Cc3cnc(OCC(F)(F)F)c(OC)c3)cc12. The second kappa shape index (κ2) is 8.33. The van der Waals surface area contributed by atoms with E-state index in [1.54, 1.807) is 16.9 Å². The number of carbonyl (C=O) groups is 1. The molecule has 3 rings (SSSR count). The van der Waals surface area contributed by atoms with E-state index in [0.717, 1.165) is 0 Å². The molecule has 11 heteroatoms. The number of fused-ring (bicyclic) bond motifs is 1. The lowest BCUT2D eigenvalue weighted by molar-refractivity contribution is -0.154. The Morgan fingerprint density at radius 2 is 2.10 bits per heavy atom. The molecule has 0 aromatic carbocycles. The molecule has 0 fully saturated rings. The van der Waals surface area contributed by atoms with Crippen LogP contribution in [0, 0.1) is 0 Å². The molecule has 0 bridgehead atoms. The van der Waals surface area contributed by atoms with Gasteiger partial charge in [-0.15, -0.1) is 0 Å². The Bertz CT molecular complexity index is 1020. The number of pyridine rings is 2. The molecule has 29 heavy (non-hydrogen) atoms. The summed E-state index contributed by atoms with van der Waals surface area (Å²) in [6.45, 7) is 1.07. The van der Waals surface area contributed by atoms with Crippen LogP contribution >= 0.6 is 0 Å². The smallest absolute Gasteiger partial charge is 0.422 e. The number of halogens is 3. The molecule has 0 saturated heterocycles. The lowest BCUT2D eigenvalue weighted by atomic mass is 10.2. The van der Waals surface area contributed by atoms with Gasteiger partial charge in [0.2, 0.25) is 0 Å². The number of nitrogens with zero attached hydrogens (tertiary/aromatic N) is 4. The zero-order valence-corrected chi connectivity index (χ0v) is 15.7. The molecule has 0 aliphatic carbocycles. The van der Waals surface area contributed by atoms with Gasteiger partial charge < -0.3 is 14.8 Å². The second-order valence-electron chi connectivity index (χ2n) is 6.03. The fraction of sp³-hybridized carbons (Fsp3) is 0.333. The van der Waals surface area contributed by atoms with Gasteiger partial charge in [-0.2, -0.15) is 18.3 Å². The van der Waals surface area contributed by atoms with Crippen molar-refractivity contribution in [3.63, 3.8) is 0 Å². The van der Waals surface area contributed by atoms with Gasteiger partial charge in [0.25, 0.3) is 11.8 Å². The average molecular weight is 409 g/mol. The molecule has 3 heterocycles. The first kappa shape index (κ1) is 20.4. The Hall–Kier alpha value is -3.37. The van der Waals surface area contributed by atoms with E-state index in [-0.39, 0.29) is 29.8 Å². The van der Waals surface area contributed by atoms with Gasteiger partial charge in [-0.05, 0) is 24.6 Å². The maximum absolute atomic E-state index is 12.3. The minimum atomic E-state index is -4.48. The molecule has 0 radical (unpaired) electrons. The highest BCUT2D eigenvalue weighted by atomic mass is 19.4. The number of aromatic nitrogens is 4. The fourth-order valence-corrected chi connectivity index (χ4v) is 2.65. The normalized spacial score (nSPS) is 11.5. The third-order valence-corrected chi connectivity index (χ3v) is 3.85. The second-order valence-corrected chi connectivity index (χ2v) is 6.03. The molecule has 1 N–H and O–H groups in total. The Morgan fingerprint density at radius 1 is 1.31 bits per heavy atom. The number of ether oxygens (including phenoxy) is 2. The van der Waals surface area contributed by atoms with Crippen LogP contribution in [0.5, 0.6) is 11.6 Å². The van der Waals surface area contributed by atoms with Crippen molar-refractivity contribution in [2.45, 2.75) is 19.6 Å². The molecule has 0 unspecified atom stereocenters. The van der Waals surface area contributed by atoms with Crippen LogP contribution in [0.3, 0.4) is 0 Å². The summed E-state index contributed by atoms with van der Waals surface area (Å²) in [5.41, 5.74) is 1.48. The summed E-state index contributed by atoms with van der Waals surface area (Å²) >= 11 is 0. The lowest BCUT2D eigenvalue weighted by Crippen LogP contribution is -2.23. The number of methoxy groups -OCH3 is 1. The van der Waals surface area contributed by atoms with E-state index >= 15 is 0 Å². The summed E-state index contributed by atoms with van der Waals surface area (Å²) in [6.07, 6.45) is 0.0783. The van der Waals surface area contributed by atoms with Gasteiger partial charge in [-0.25, -0.2) is 4.98 Å². The number of hydrogen-bond acceptors (Lipinski definition) is 6. The zero-order chi connectivity index (χ0) is 21.0. The quantitative estimate of drug-likeness (QED) is 0.645. The van der Waals surface area contributed by atoms with Crippen molar-refractivity contribution in [1.29, 1.82) is 0 Å². The average Bonchev–Trinajstić information content (AvgIpc) is 3.08. The monoisotopic (exact) mass is 409 g/mol. The zero-order valence-electron chi connectivity index (χ0n) is 15.7. The van der Waals surface area contributed by atoms with E-state index in [1.165, 1.54) is 25.6 Å². The Balaban J connectivity index is 1.83. The van der Waals surface area contributed by atoms with Gasteiger partial charge in [0.15, 0.2) is 12.4 Å². The van der Waals surface area contributed by atoms with Gasteiger partial charge in [-0.3, -0.25) is 14.5 Å². The van der Waals surface area contributed by atoms with Crippen molar-refractivity contribution in [2.24, 2.45) is 0 Å². The van der Waals surface area contributed by atoms with Crippen molar-refractivity contribution < 1.29 is 27.4 Å². The predicted octanol–water partition coefficient (Wildman–Crippen LogP) is 2.57. The van der Waals surface area contributed by atoms with Crippen molar-refractivity contribution in [1.82, 2.24) is 25.1 Å². The highest BCUT2D eigenvalue weighted by Crippen LogP contribution is 2.27. The van der Waals surface area contributed by atoms with E-state index in [2.05, 4.69) is 25.1 Å². The van der Waals surface area contributed by atoms with Crippen LogP contribution in [0.1, 0.15) is 23.0 Å². The molecule has 8 nitrogen and oxygen atoms in total. The third-order valence-electron chi connectivity index (χ3n) is 3.85. The fourth-order valence-electron chi connectivity index (χ4n) is 2.65. The van der Waals surface area contributed by atoms with Crippen LogP contribution < -0.4 is 14.8 Å². The molecule has 0 spiro atoms. The first-order valence-corrected chi connectivity index (χ1v) is 8.63. The minimum Gasteiger partial charge on any atom is -0.491 e. The molecule has 3 aromatic rings. The van der Waals surface area contributed by atoms with Gasteiger partial charge in [0.1, 0.15) is 5.69 Å². The Morgan fingerprint density at radius 3 is 2.79 bits per heavy atom. The molecule has 0 saturated carbocycles. The summed E-state index contributed by atoms with van der Waals surface area (Å²) in [7, 11) is 1.31. The first-order chi connectivity index (χ1) is 13.8. The largest absolute Gasteiger partial charge is 0.491 e. The van der Waals surface area contributed by atoms with Gasteiger partial charge in [0.05, 0.1) is 24.6 Å². The number of nitrogens with one attached hydrogen (secondary N) is 1. The van der Waals surface area contributed by atoms with Crippen LogP contribution in [-0.2, 0) is 6.54 Å². The van der Waals surface area contributed by atoms with Gasteiger partial charge >= 0.3 is 6.18 Å². The maximum atomic E-state index is 12.3. The van der Waals surface area contributed by atoms with E-state index < -0.39 is 12.8 Å². The Kier molecular flexibility index (Phi) is 5.85. The molecule has 1 amide bonds. The van der Waals surface area contributed by atoms with Crippen LogP contribution in [0.25, 0.3) is 10.9 Å². The van der Waals surface area contributed by atoms with E-state index in [1.807, 2.05) is 6.92 Å². The third kappa shape index (κ3) is 4.92. The molecular weight excluding hydrogens is 391 g/mol. The number of rotatable bonds is 7. The van der Waals surface area contributed by atoms with Crippen molar-refractivity contribution >= 4 is 16.8 Å². The molecule has 0 atom stereocenters. The Labute approximate surface area is 163 Å². The molecule has 0 aliphatic rings. The number of carbonyl (C=O) groups excluding carboxylic acids is 1. The first-order valence-electron chi connectivity index (χ1n) is 8.63. The van der Waals surface area contributed by atoms with Crippen LogP contribution in [0.4, 0.5) is 13.2 Å². The highest BCUT2D eigenvalue weighted by molar-refractivity contribution is 6.04. The van der Waals surface area contributed by atoms with Crippen LogP contribution in [-0.4, -0.2) is 52.1 Å². The number of hydrogen-bond donors (Lipinski definition) is 1. The van der Waals surface area contributed by atoms with Crippen molar-refractivity contribution in [3.05, 3.63) is 42.0 Å². The van der Waals surface area contributed by atoms with E-state index in [4.69, 9.17) is 4.74 Å². The van der Waals surface area contributed by atoms with Gasteiger partial charge in [0, 0.05) is 25.1 Å². The minimum absolute atomic E-state index is 0.0770. The summed E-state index contributed by atoms with van der Waals surface area (Å²) in [6, 6.07) is 3.20. The number of amides is 1. The highest BCUT2D eigenvalue weighted by Gasteiger charge is 2.29.